The summed E-state index contributed by atoms with van der Waals surface area (Å²) in [5.74, 6) is 0.784. The molecule has 0 aliphatic heterocycles. The van der Waals surface area contributed by atoms with Crippen LogP contribution in [0.15, 0.2) is 24.3 Å². The first kappa shape index (κ1) is 12.5. The van der Waals surface area contributed by atoms with Gasteiger partial charge in [0.1, 0.15) is 4.64 Å². The molecule has 3 heteroatoms. The average molecular weight is 270 g/mol. The predicted octanol–water partition coefficient (Wildman–Crippen LogP) is 4.69. The molecule has 2 nitrogen and oxygen atoms in total. The molecule has 19 heavy (non-hydrogen) atoms. The van der Waals surface area contributed by atoms with Gasteiger partial charge in [-0.1, -0.05) is 42.9 Å². The molecule has 98 valence electrons. The van der Waals surface area contributed by atoms with Crippen LogP contribution in [0.1, 0.15) is 41.9 Å². The van der Waals surface area contributed by atoms with Gasteiger partial charge in [0, 0.05) is 5.56 Å². The van der Waals surface area contributed by atoms with E-state index >= 15 is 0 Å². The van der Waals surface area contributed by atoms with Crippen LogP contribution in [0, 0.1) is 18.5 Å². The van der Waals surface area contributed by atoms with Crippen LogP contribution in [-0.2, 0) is 0 Å². The van der Waals surface area contributed by atoms with Crippen molar-refractivity contribution < 1.29 is 0 Å². The van der Waals surface area contributed by atoms with Crippen molar-refractivity contribution in [3.63, 3.8) is 0 Å². The highest BCUT2D eigenvalue weighted by atomic mass is 32.1. The van der Waals surface area contributed by atoms with E-state index < -0.39 is 0 Å². The Balaban J connectivity index is 1.98. The van der Waals surface area contributed by atoms with Gasteiger partial charge in [0.25, 0.3) is 0 Å². The van der Waals surface area contributed by atoms with Crippen molar-refractivity contribution in [3.05, 3.63) is 45.6 Å². The largest absolute Gasteiger partial charge is 0.267 e. The Hall–Kier alpha value is -1.48. The summed E-state index contributed by atoms with van der Waals surface area (Å²) >= 11 is 5.21. The molecule has 0 saturated heterocycles. The summed E-state index contributed by atoms with van der Waals surface area (Å²) in [5.41, 5.74) is 5.91. The van der Waals surface area contributed by atoms with Gasteiger partial charge in [-0.2, -0.15) is 5.10 Å². The number of H-pyrrole nitrogens is 1. The van der Waals surface area contributed by atoms with Crippen molar-refractivity contribution in [3.8, 4) is 11.3 Å². The molecular weight excluding hydrogens is 252 g/mol. The first-order valence-electron chi connectivity index (χ1n) is 6.83. The summed E-state index contributed by atoms with van der Waals surface area (Å²) in [6, 6.07) is 8.85. The highest BCUT2D eigenvalue weighted by Gasteiger charge is 2.19. The standard InChI is InChI=1S/C16H18N2S/c1-10-11(2)16(19)18-17-15(10)14-8-6-13(7-9-14)12-4-3-5-12/h6-9,12H,3-5H2,1-2H3,(H,18,19). The van der Waals surface area contributed by atoms with Crippen LogP contribution < -0.4 is 0 Å². The van der Waals surface area contributed by atoms with Crippen LogP contribution in [0.5, 0.6) is 0 Å². The van der Waals surface area contributed by atoms with E-state index in [1.807, 2.05) is 6.92 Å². The van der Waals surface area contributed by atoms with E-state index in [0.29, 0.717) is 0 Å². The monoisotopic (exact) mass is 270 g/mol. The van der Waals surface area contributed by atoms with Crippen molar-refractivity contribution in [1.29, 1.82) is 0 Å². The quantitative estimate of drug-likeness (QED) is 0.802. The van der Waals surface area contributed by atoms with Gasteiger partial charge in [0.05, 0.1) is 5.69 Å². The lowest BCUT2D eigenvalue weighted by Gasteiger charge is -2.25. The fourth-order valence-electron chi connectivity index (χ4n) is 2.56. The van der Waals surface area contributed by atoms with Crippen molar-refractivity contribution in [2.75, 3.05) is 0 Å². The second kappa shape index (κ2) is 4.89. The first-order chi connectivity index (χ1) is 9.16. The van der Waals surface area contributed by atoms with Gasteiger partial charge < -0.3 is 0 Å². The Bertz CT molecular complexity index is 651. The van der Waals surface area contributed by atoms with E-state index in [1.165, 1.54) is 30.4 Å². The Morgan fingerprint density at radius 2 is 1.79 bits per heavy atom. The van der Waals surface area contributed by atoms with E-state index in [4.69, 9.17) is 12.2 Å². The van der Waals surface area contributed by atoms with Gasteiger partial charge in [-0.05, 0) is 49.3 Å². The molecule has 1 aromatic heterocycles. The molecule has 0 radical (unpaired) electrons. The van der Waals surface area contributed by atoms with Crippen molar-refractivity contribution in [2.24, 2.45) is 0 Å². The molecule has 0 bridgehead atoms. The van der Waals surface area contributed by atoms with Crippen LogP contribution in [0.3, 0.4) is 0 Å². The second-order valence-electron chi connectivity index (χ2n) is 5.40. The lowest BCUT2D eigenvalue weighted by atomic mass is 9.80. The number of rotatable bonds is 2. The summed E-state index contributed by atoms with van der Waals surface area (Å²) in [6.45, 7) is 4.13. The summed E-state index contributed by atoms with van der Waals surface area (Å²) in [6.07, 6.45) is 4.06. The Kier molecular flexibility index (Phi) is 3.23. The molecular formula is C16H18N2S. The minimum atomic E-state index is 0.729. The highest BCUT2D eigenvalue weighted by Crippen LogP contribution is 2.37. The van der Waals surface area contributed by atoms with Crippen LogP contribution in [0.2, 0.25) is 0 Å². The van der Waals surface area contributed by atoms with Gasteiger partial charge >= 0.3 is 0 Å². The molecule has 1 saturated carbocycles. The summed E-state index contributed by atoms with van der Waals surface area (Å²) in [5, 5.41) is 7.32. The summed E-state index contributed by atoms with van der Waals surface area (Å²) in [7, 11) is 0. The maximum Gasteiger partial charge on any atom is 0.122 e. The van der Waals surface area contributed by atoms with E-state index in [0.717, 1.165) is 27.4 Å². The SMILES string of the molecule is Cc1c(-c2ccc(C3CCC3)cc2)n[nH]c(=S)c1C. The van der Waals surface area contributed by atoms with Gasteiger partial charge in [-0.3, -0.25) is 5.10 Å². The number of benzene rings is 1. The Morgan fingerprint density at radius 1 is 1.11 bits per heavy atom. The lowest BCUT2D eigenvalue weighted by Crippen LogP contribution is -2.08. The molecule has 1 heterocycles. The number of nitrogens with one attached hydrogen (secondary N) is 1. The number of hydrogen-bond donors (Lipinski definition) is 1. The topological polar surface area (TPSA) is 28.7 Å². The van der Waals surface area contributed by atoms with E-state index in [1.54, 1.807) is 0 Å². The number of aromatic nitrogens is 2. The molecule has 0 spiro atoms. The van der Waals surface area contributed by atoms with Crippen molar-refractivity contribution in [2.45, 2.75) is 39.0 Å². The van der Waals surface area contributed by atoms with Crippen LogP contribution in [-0.4, -0.2) is 10.2 Å². The third kappa shape index (κ3) is 2.23. The average Bonchev–Trinajstić information content (AvgIpc) is 2.36. The van der Waals surface area contributed by atoms with Gasteiger partial charge in [0.2, 0.25) is 0 Å². The number of nitrogens with zero attached hydrogens (tertiary/aromatic N) is 1. The van der Waals surface area contributed by atoms with E-state index in [-0.39, 0.29) is 0 Å². The maximum absolute atomic E-state index is 5.21. The molecule has 1 aliphatic rings. The van der Waals surface area contributed by atoms with Gasteiger partial charge in [0.15, 0.2) is 0 Å². The Labute approximate surface area is 118 Å². The zero-order chi connectivity index (χ0) is 13.4. The second-order valence-corrected chi connectivity index (χ2v) is 5.81. The van der Waals surface area contributed by atoms with Crippen LogP contribution in [0.4, 0.5) is 0 Å². The molecule has 0 amide bonds. The molecule has 1 aromatic carbocycles. The smallest absolute Gasteiger partial charge is 0.122 e. The van der Waals surface area contributed by atoms with Gasteiger partial charge in [-0.15, -0.1) is 0 Å². The molecule has 1 N–H and O–H groups in total. The van der Waals surface area contributed by atoms with Crippen molar-refractivity contribution >= 4 is 12.2 Å². The Morgan fingerprint density at radius 3 is 2.37 bits per heavy atom. The van der Waals surface area contributed by atoms with E-state index in [2.05, 4.69) is 41.4 Å². The third-order valence-corrected chi connectivity index (χ3v) is 4.69. The fourth-order valence-corrected chi connectivity index (χ4v) is 2.76. The molecule has 1 aliphatic carbocycles. The number of aromatic amines is 1. The van der Waals surface area contributed by atoms with Gasteiger partial charge in [-0.25, -0.2) is 0 Å². The fraction of sp³-hybridized carbons (Fsp3) is 0.375. The maximum atomic E-state index is 5.21. The summed E-state index contributed by atoms with van der Waals surface area (Å²) < 4.78 is 0.729. The number of hydrogen-bond acceptors (Lipinski definition) is 2. The highest BCUT2D eigenvalue weighted by molar-refractivity contribution is 7.71. The van der Waals surface area contributed by atoms with Crippen LogP contribution in [0.25, 0.3) is 11.3 Å². The van der Waals surface area contributed by atoms with E-state index in [9.17, 15) is 0 Å². The lowest BCUT2D eigenvalue weighted by molar-refractivity contribution is 0.420. The molecule has 0 unspecified atom stereocenters. The minimum absolute atomic E-state index is 0.729. The predicted molar refractivity (Wildman–Crippen MR) is 80.9 cm³/mol. The van der Waals surface area contributed by atoms with Crippen molar-refractivity contribution in [1.82, 2.24) is 10.2 Å². The van der Waals surface area contributed by atoms with Crippen LogP contribution >= 0.6 is 12.2 Å². The zero-order valence-corrected chi connectivity index (χ0v) is 12.2. The molecule has 3 rings (SSSR count). The third-order valence-electron chi connectivity index (χ3n) is 4.29. The summed E-state index contributed by atoms with van der Waals surface area (Å²) in [4.78, 5) is 0. The molecule has 1 fully saturated rings. The minimum Gasteiger partial charge on any atom is -0.267 e. The first-order valence-corrected chi connectivity index (χ1v) is 7.24. The zero-order valence-electron chi connectivity index (χ0n) is 11.4. The normalized spacial score (nSPS) is 15.3. The molecule has 2 aromatic rings. The molecule has 0 atom stereocenters.